The minimum absolute atomic E-state index is 0.106. The first-order valence-corrected chi connectivity index (χ1v) is 2.61. The van der Waals surface area contributed by atoms with Crippen LogP contribution in [-0.4, -0.2) is 6.16 Å². The lowest BCUT2D eigenvalue weighted by Crippen LogP contribution is -1.59. The molecule has 0 aromatic carbocycles. The van der Waals surface area contributed by atoms with Gasteiger partial charge in [-0.05, 0) is 19.2 Å². The summed E-state index contributed by atoms with van der Waals surface area (Å²) in [5.74, 6) is -0.106. The highest BCUT2D eigenvalue weighted by Crippen LogP contribution is 1.93. The van der Waals surface area contributed by atoms with Crippen LogP contribution in [0.5, 0.6) is 0 Å². The molecule has 2 heteroatoms. The smallest absolute Gasteiger partial charge is 0.0932 e. The second-order valence-electron chi connectivity index (χ2n) is 1.03. The van der Waals surface area contributed by atoms with E-state index in [1.54, 1.807) is 0 Å². The quantitative estimate of drug-likeness (QED) is 0.446. The van der Waals surface area contributed by atoms with Crippen molar-refractivity contribution in [2.24, 2.45) is 0 Å². The second kappa shape index (κ2) is 3.30. The van der Waals surface area contributed by atoms with Crippen LogP contribution in [0.2, 0.25) is 0 Å². The predicted molar refractivity (Wildman–Crippen MR) is 29.4 cm³/mol. The van der Waals surface area contributed by atoms with Crippen LogP contribution in [0.25, 0.3) is 0 Å². The molecule has 0 aliphatic heterocycles. The van der Waals surface area contributed by atoms with E-state index in [1.165, 1.54) is 13.0 Å². The van der Waals surface area contributed by atoms with Gasteiger partial charge in [-0.1, -0.05) is 0 Å². The Hall–Kier alpha value is 0.100. The van der Waals surface area contributed by atoms with E-state index >= 15 is 0 Å². The Balaban J connectivity index is 3.14. The Morgan fingerprint density at radius 3 is 2.50 bits per heavy atom. The summed E-state index contributed by atoms with van der Waals surface area (Å²) >= 11 is 0. The topological polar surface area (TPSA) is 0 Å². The van der Waals surface area contributed by atoms with Gasteiger partial charge in [0.1, 0.15) is 0 Å². The van der Waals surface area contributed by atoms with Crippen LogP contribution >= 0.6 is 9.24 Å². The lowest BCUT2D eigenvalue weighted by atomic mass is 10.5. The molecule has 0 fully saturated rings. The molecule has 1 unspecified atom stereocenters. The van der Waals surface area contributed by atoms with Gasteiger partial charge >= 0.3 is 0 Å². The molecule has 0 saturated carbocycles. The first kappa shape index (κ1) is 6.10. The molecule has 1 atom stereocenters. The van der Waals surface area contributed by atoms with Crippen molar-refractivity contribution < 1.29 is 4.39 Å². The summed E-state index contributed by atoms with van der Waals surface area (Å²) < 4.78 is 11.5. The van der Waals surface area contributed by atoms with Gasteiger partial charge in [0.15, 0.2) is 0 Å². The highest BCUT2D eigenvalue weighted by Gasteiger charge is 1.72. The normalized spacial score (nSPS) is 12.2. The van der Waals surface area contributed by atoms with Crippen LogP contribution in [-0.2, 0) is 0 Å². The van der Waals surface area contributed by atoms with E-state index in [1.807, 2.05) is 0 Å². The van der Waals surface area contributed by atoms with Crippen LogP contribution in [0.15, 0.2) is 11.9 Å². The van der Waals surface area contributed by atoms with Gasteiger partial charge in [-0.3, -0.25) is 0 Å². The van der Waals surface area contributed by atoms with Gasteiger partial charge in [0.05, 0.1) is 5.83 Å². The van der Waals surface area contributed by atoms with Crippen molar-refractivity contribution in [1.82, 2.24) is 0 Å². The Morgan fingerprint density at radius 2 is 2.50 bits per heavy atom. The Labute approximate surface area is 39.6 Å². The van der Waals surface area contributed by atoms with Crippen molar-refractivity contribution in [3.05, 3.63) is 11.9 Å². The first-order chi connectivity index (χ1) is 2.77. The molecule has 0 radical (unpaired) electrons. The Kier molecular flexibility index (Phi) is 3.35. The van der Waals surface area contributed by atoms with Crippen molar-refractivity contribution in [2.45, 2.75) is 6.92 Å². The van der Waals surface area contributed by atoms with Crippen molar-refractivity contribution in [3.63, 3.8) is 0 Å². The molecule has 0 aliphatic rings. The van der Waals surface area contributed by atoms with E-state index in [9.17, 15) is 4.39 Å². The third-order valence-electron chi connectivity index (χ3n) is 0.399. The lowest BCUT2D eigenvalue weighted by Gasteiger charge is -1.75. The van der Waals surface area contributed by atoms with Gasteiger partial charge < -0.3 is 0 Å². The summed E-state index contributed by atoms with van der Waals surface area (Å²) in [4.78, 5) is 0. The first-order valence-electron chi connectivity index (χ1n) is 1.79. The summed E-state index contributed by atoms with van der Waals surface area (Å²) in [5, 5.41) is 0. The van der Waals surface area contributed by atoms with Crippen LogP contribution in [0.1, 0.15) is 6.92 Å². The fourth-order valence-electron chi connectivity index (χ4n) is 0.162. The van der Waals surface area contributed by atoms with E-state index < -0.39 is 0 Å². The summed E-state index contributed by atoms with van der Waals surface area (Å²) in [7, 11) is 2.41. The Morgan fingerprint density at radius 1 is 2.00 bits per heavy atom. The summed E-state index contributed by atoms with van der Waals surface area (Å²) in [6.45, 7) is 1.43. The second-order valence-corrected chi connectivity index (χ2v) is 1.50. The summed E-state index contributed by atoms with van der Waals surface area (Å²) in [6, 6.07) is 0. The zero-order valence-electron chi connectivity index (χ0n) is 3.74. The van der Waals surface area contributed by atoms with E-state index in [0.717, 1.165) is 0 Å². The SMILES string of the molecule is C/C(F)=C\CP. The maximum absolute atomic E-state index is 11.5. The zero-order valence-corrected chi connectivity index (χ0v) is 4.89. The fourth-order valence-corrected chi connectivity index (χ4v) is 0.487. The van der Waals surface area contributed by atoms with E-state index in [2.05, 4.69) is 9.24 Å². The molecule has 0 amide bonds. The molecule has 0 aromatic rings. The molecule has 0 saturated heterocycles. The molecular formula is C4H8FP. The maximum atomic E-state index is 11.5. The van der Waals surface area contributed by atoms with E-state index in [-0.39, 0.29) is 5.83 Å². The molecule has 0 rings (SSSR count). The number of hydrogen-bond acceptors (Lipinski definition) is 0. The van der Waals surface area contributed by atoms with Gasteiger partial charge in [-0.2, -0.15) is 0 Å². The highest BCUT2D eigenvalue weighted by atomic mass is 31.0. The van der Waals surface area contributed by atoms with Gasteiger partial charge in [-0.15, -0.1) is 9.24 Å². The zero-order chi connectivity index (χ0) is 4.99. The molecule has 0 N–H and O–H groups in total. The van der Waals surface area contributed by atoms with Crippen molar-refractivity contribution in [1.29, 1.82) is 0 Å². The fraction of sp³-hybridized carbons (Fsp3) is 0.500. The van der Waals surface area contributed by atoms with Crippen molar-refractivity contribution >= 4 is 9.24 Å². The number of halogens is 1. The van der Waals surface area contributed by atoms with Gasteiger partial charge in [0.2, 0.25) is 0 Å². The molecule has 0 bridgehead atoms. The van der Waals surface area contributed by atoms with Gasteiger partial charge in [-0.25, -0.2) is 4.39 Å². The monoisotopic (exact) mass is 106 g/mol. The maximum Gasteiger partial charge on any atom is 0.0932 e. The molecule has 36 valence electrons. The van der Waals surface area contributed by atoms with Crippen molar-refractivity contribution in [3.8, 4) is 0 Å². The van der Waals surface area contributed by atoms with Gasteiger partial charge in [0.25, 0.3) is 0 Å². The van der Waals surface area contributed by atoms with Crippen LogP contribution in [0.3, 0.4) is 0 Å². The Bertz CT molecular complexity index is 54.6. The average molecular weight is 106 g/mol. The third-order valence-corrected chi connectivity index (χ3v) is 0.635. The number of hydrogen-bond donors (Lipinski definition) is 0. The third kappa shape index (κ3) is 4.10. The standard InChI is InChI=1S/C4H8FP/c1-4(5)2-3-6/h2H,3,6H2,1H3/b4-2+. The molecule has 0 heterocycles. The minimum atomic E-state index is -0.106. The number of allylic oxidation sites excluding steroid dienone is 2. The predicted octanol–water partition coefficient (Wildman–Crippen LogP) is 1.73. The van der Waals surface area contributed by atoms with Crippen LogP contribution in [0.4, 0.5) is 4.39 Å². The lowest BCUT2D eigenvalue weighted by molar-refractivity contribution is 0.639. The average Bonchev–Trinajstić information content (AvgIpc) is 1.35. The summed E-state index contributed by atoms with van der Waals surface area (Å²) in [6.07, 6.45) is 2.22. The highest BCUT2D eigenvalue weighted by molar-refractivity contribution is 7.16. The van der Waals surface area contributed by atoms with Crippen LogP contribution < -0.4 is 0 Å². The largest absolute Gasteiger partial charge is 0.212 e. The van der Waals surface area contributed by atoms with Gasteiger partial charge in [0, 0.05) is 0 Å². The minimum Gasteiger partial charge on any atom is -0.212 e. The van der Waals surface area contributed by atoms with Crippen molar-refractivity contribution in [2.75, 3.05) is 6.16 Å². The van der Waals surface area contributed by atoms with E-state index in [0.29, 0.717) is 6.16 Å². The molecular weight excluding hydrogens is 98.0 g/mol. The molecule has 0 nitrogen and oxygen atoms in total. The number of rotatable bonds is 1. The molecule has 6 heavy (non-hydrogen) atoms. The van der Waals surface area contributed by atoms with Crippen LogP contribution in [0, 0.1) is 0 Å². The summed E-state index contributed by atoms with van der Waals surface area (Å²) in [5.41, 5.74) is 0. The molecule has 0 aromatic heterocycles. The molecule has 0 spiro atoms. The van der Waals surface area contributed by atoms with E-state index in [4.69, 9.17) is 0 Å². The molecule has 0 aliphatic carbocycles.